The molecule has 1 aromatic carbocycles. The Kier molecular flexibility index (Phi) is 7.90. The first kappa shape index (κ1) is 13.3. The van der Waals surface area contributed by atoms with Gasteiger partial charge < -0.3 is 6.16 Å². The van der Waals surface area contributed by atoms with Crippen molar-refractivity contribution >= 4 is 5.97 Å². The molecule has 0 bridgehead atoms. The zero-order chi connectivity index (χ0) is 8.81. The molecule has 0 heterocycles. The van der Waals surface area contributed by atoms with Crippen LogP contribution < -0.4 is 51.4 Å². The van der Waals surface area contributed by atoms with Gasteiger partial charge in [0.05, 0.1) is 0 Å². The van der Waals surface area contributed by atoms with Crippen LogP contribution in [-0.4, -0.2) is 5.97 Å². The van der Waals surface area contributed by atoms with Gasteiger partial charge in [-0.1, -0.05) is 37.3 Å². The molecule has 1 aromatic rings. The van der Waals surface area contributed by atoms with E-state index in [0.29, 0.717) is 13.0 Å². The van der Waals surface area contributed by atoms with Gasteiger partial charge in [-0.15, -0.1) is 0 Å². The summed E-state index contributed by atoms with van der Waals surface area (Å²) >= 11 is 0. The molecule has 0 N–H and O–H groups in total. The molecule has 0 aromatic heterocycles. The van der Waals surface area contributed by atoms with Crippen molar-refractivity contribution < 1.29 is 62.3 Å². The average Bonchev–Trinajstić information content (AvgIpc) is 2.16. The first-order chi connectivity index (χ1) is 5.83. The minimum Gasteiger partial charge on any atom is -1.00 e. The second-order valence-electron chi connectivity index (χ2n) is 2.50. The quantitative estimate of drug-likeness (QED) is 0.479. The second-order valence-corrected chi connectivity index (χ2v) is 2.50. The molecule has 0 saturated heterocycles. The Morgan fingerprint density at radius 2 is 2.00 bits per heavy atom. The monoisotopic (exact) mass is 204 g/mol. The molecular weight excluding hydrogens is 191 g/mol. The number of benzene rings is 1. The molecule has 0 aliphatic rings. The van der Waals surface area contributed by atoms with E-state index in [0.717, 1.165) is 5.56 Å². The van der Waals surface area contributed by atoms with Crippen LogP contribution in [0.2, 0.25) is 0 Å². The van der Waals surface area contributed by atoms with E-state index in [1.54, 1.807) is 6.92 Å². The van der Waals surface area contributed by atoms with Gasteiger partial charge in [0.25, 0.3) is 0 Å². The van der Waals surface area contributed by atoms with E-state index in [2.05, 4.69) is 0 Å². The van der Waals surface area contributed by atoms with Crippen molar-refractivity contribution in [1.29, 1.82) is 0 Å². The molecule has 0 atom stereocenters. The fourth-order valence-electron chi connectivity index (χ4n) is 0.840. The van der Waals surface area contributed by atoms with Crippen molar-refractivity contribution in [3.05, 3.63) is 35.9 Å². The van der Waals surface area contributed by atoms with Gasteiger partial charge in [-0.3, -0.25) is 4.79 Å². The van der Waals surface area contributed by atoms with Crippen LogP contribution in [-0.2, 0) is 16.1 Å². The summed E-state index contributed by atoms with van der Waals surface area (Å²) in [7, 11) is 0. The zero-order valence-corrected chi connectivity index (χ0v) is 11.2. The Morgan fingerprint density at radius 3 is 2.54 bits per heavy atom. The van der Waals surface area contributed by atoms with Gasteiger partial charge in [0.15, 0.2) is 0 Å². The number of ether oxygens (including phenoxy) is 1. The van der Waals surface area contributed by atoms with E-state index >= 15 is 0 Å². The molecule has 0 spiro atoms. The van der Waals surface area contributed by atoms with Crippen molar-refractivity contribution in [2.75, 3.05) is 0 Å². The molecule has 0 aliphatic carbocycles. The van der Waals surface area contributed by atoms with Crippen LogP contribution in [0.4, 0.5) is 0 Å². The molecular formula is C10H13KO2. The smallest absolute Gasteiger partial charge is 1.00 e. The average molecular weight is 204 g/mol. The minimum absolute atomic E-state index is 0. The maximum absolute atomic E-state index is 10.8. The normalized spacial score (nSPS) is 8.69. The van der Waals surface area contributed by atoms with Gasteiger partial charge >= 0.3 is 57.4 Å². The Hall–Kier alpha value is 0.326. The molecule has 3 heteroatoms. The van der Waals surface area contributed by atoms with E-state index in [1.807, 2.05) is 30.3 Å². The standard InChI is InChI=1S/C10H12O2.K.H/c1-2-10(11)12-8-9-6-4-3-5-7-9;;/h3-7H,2,8H2,1H3;;/q;+1;-1. The molecule has 1 rings (SSSR count). The van der Waals surface area contributed by atoms with E-state index in [9.17, 15) is 4.79 Å². The van der Waals surface area contributed by atoms with Crippen LogP contribution in [0.1, 0.15) is 20.3 Å². The van der Waals surface area contributed by atoms with Crippen LogP contribution in [0.3, 0.4) is 0 Å². The van der Waals surface area contributed by atoms with Crippen molar-refractivity contribution in [2.24, 2.45) is 0 Å². The Balaban J connectivity index is 0. The molecule has 2 nitrogen and oxygen atoms in total. The van der Waals surface area contributed by atoms with Crippen LogP contribution in [0.15, 0.2) is 30.3 Å². The summed E-state index contributed by atoms with van der Waals surface area (Å²) in [5, 5.41) is 0. The maximum Gasteiger partial charge on any atom is 1.00 e. The van der Waals surface area contributed by atoms with Crippen molar-refractivity contribution in [2.45, 2.75) is 20.0 Å². The molecule has 0 aliphatic heterocycles. The number of carbonyl (C=O) groups is 1. The zero-order valence-electron chi connectivity index (χ0n) is 9.12. The van der Waals surface area contributed by atoms with Gasteiger partial charge in [0.1, 0.15) is 6.61 Å². The van der Waals surface area contributed by atoms with Crippen LogP contribution in [0.25, 0.3) is 0 Å². The van der Waals surface area contributed by atoms with Crippen molar-refractivity contribution in [3.63, 3.8) is 0 Å². The van der Waals surface area contributed by atoms with Crippen LogP contribution in [0, 0.1) is 0 Å². The summed E-state index contributed by atoms with van der Waals surface area (Å²) in [5.41, 5.74) is 1.03. The van der Waals surface area contributed by atoms with E-state index in [1.165, 1.54) is 0 Å². The van der Waals surface area contributed by atoms with Crippen LogP contribution in [0.5, 0.6) is 0 Å². The van der Waals surface area contributed by atoms with Crippen molar-refractivity contribution in [1.82, 2.24) is 0 Å². The van der Waals surface area contributed by atoms with Crippen molar-refractivity contribution in [3.8, 4) is 0 Å². The summed E-state index contributed by atoms with van der Waals surface area (Å²) < 4.78 is 4.94. The number of hydrogen-bond donors (Lipinski definition) is 0. The first-order valence-corrected chi connectivity index (χ1v) is 4.02. The molecule has 0 saturated carbocycles. The molecule has 0 amide bonds. The third-order valence-corrected chi connectivity index (χ3v) is 1.53. The largest absolute Gasteiger partial charge is 1.00 e. The van der Waals surface area contributed by atoms with Gasteiger partial charge in [0.2, 0.25) is 0 Å². The van der Waals surface area contributed by atoms with E-state index in [-0.39, 0.29) is 58.8 Å². The van der Waals surface area contributed by atoms with Crippen LogP contribution >= 0.6 is 0 Å². The number of esters is 1. The molecule has 0 radical (unpaired) electrons. The topological polar surface area (TPSA) is 26.3 Å². The Labute approximate surface area is 123 Å². The molecule has 66 valence electrons. The molecule has 0 unspecified atom stereocenters. The minimum atomic E-state index is -0.154. The fourth-order valence-corrected chi connectivity index (χ4v) is 0.840. The van der Waals surface area contributed by atoms with Gasteiger partial charge in [-0.05, 0) is 5.56 Å². The second kappa shape index (κ2) is 7.70. The first-order valence-electron chi connectivity index (χ1n) is 4.02. The summed E-state index contributed by atoms with van der Waals surface area (Å²) in [6, 6.07) is 9.65. The van der Waals surface area contributed by atoms with E-state index in [4.69, 9.17) is 4.74 Å². The Morgan fingerprint density at radius 1 is 1.38 bits per heavy atom. The predicted molar refractivity (Wildman–Crippen MR) is 47.6 cm³/mol. The maximum atomic E-state index is 10.8. The van der Waals surface area contributed by atoms with E-state index < -0.39 is 0 Å². The summed E-state index contributed by atoms with van der Waals surface area (Å²) in [5.74, 6) is -0.154. The SMILES string of the molecule is CCC(=O)OCc1ccccc1.[H-].[K+]. The molecule has 13 heavy (non-hydrogen) atoms. The summed E-state index contributed by atoms with van der Waals surface area (Å²) in [4.78, 5) is 10.8. The Bertz CT molecular complexity index is 252. The number of hydrogen-bond acceptors (Lipinski definition) is 2. The summed E-state index contributed by atoms with van der Waals surface area (Å²) in [6.07, 6.45) is 0.437. The van der Waals surface area contributed by atoms with Gasteiger partial charge in [-0.2, -0.15) is 0 Å². The third-order valence-electron chi connectivity index (χ3n) is 1.53. The number of rotatable bonds is 3. The fraction of sp³-hybridized carbons (Fsp3) is 0.300. The number of carbonyl (C=O) groups excluding carboxylic acids is 1. The van der Waals surface area contributed by atoms with Gasteiger partial charge in [0, 0.05) is 6.42 Å². The summed E-state index contributed by atoms with van der Waals surface area (Å²) in [6.45, 7) is 2.17. The van der Waals surface area contributed by atoms with Gasteiger partial charge in [-0.25, -0.2) is 0 Å². The third kappa shape index (κ3) is 5.60. The molecule has 0 fully saturated rings. The predicted octanol–water partition coefficient (Wildman–Crippen LogP) is -0.744.